The van der Waals surface area contributed by atoms with E-state index in [2.05, 4.69) is 5.10 Å². The number of nitrogens with zero attached hydrogens (tertiary/aromatic N) is 3. The molecule has 0 spiro atoms. The lowest BCUT2D eigenvalue weighted by atomic mass is 10.0. The monoisotopic (exact) mass is 340 g/mol. The Hall–Kier alpha value is -1.28. The minimum absolute atomic E-state index is 0. The lowest BCUT2D eigenvalue weighted by Crippen LogP contribution is -2.41. The highest BCUT2D eigenvalue weighted by Gasteiger charge is 2.34. The van der Waals surface area contributed by atoms with Crippen LogP contribution < -0.4 is 5.73 Å². The maximum atomic E-state index is 12.5. The zero-order valence-electron chi connectivity index (χ0n) is 12.2. The van der Waals surface area contributed by atoms with Gasteiger partial charge in [0, 0.05) is 31.7 Å². The number of piperidine rings is 1. The molecule has 0 saturated carbocycles. The van der Waals surface area contributed by atoms with E-state index >= 15 is 0 Å². The van der Waals surface area contributed by atoms with Gasteiger partial charge in [-0.05, 0) is 25.8 Å². The van der Waals surface area contributed by atoms with Crippen molar-refractivity contribution in [3.63, 3.8) is 0 Å². The Bertz CT molecular complexity index is 496. The van der Waals surface area contributed by atoms with Gasteiger partial charge in [-0.25, -0.2) is 0 Å². The fourth-order valence-electron chi connectivity index (χ4n) is 2.48. The van der Waals surface area contributed by atoms with Gasteiger partial charge in [-0.15, -0.1) is 12.4 Å². The van der Waals surface area contributed by atoms with Crippen LogP contribution in [0.1, 0.15) is 37.9 Å². The average Bonchev–Trinajstić information content (AvgIpc) is 2.87. The van der Waals surface area contributed by atoms with E-state index in [1.165, 1.54) is 10.9 Å². The van der Waals surface area contributed by atoms with E-state index in [9.17, 15) is 18.0 Å². The molecule has 2 N–H and O–H groups in total. The van der Waals surface area contributed by atoms with Crippen molar-refractivity contribution in [2.75, 3.05) is 13.1 Å². The summed E-state index contributed by atoms with van der Waals surface area (Å²) in [4.78, 5) is 13.6. The van der Waals surface area contributed by atoms with E-state index in [1.54, 1.807) is 11.8 Å². The van der Waals surface area contributed by atoms with Gasteiger partial charge >= 0.3 is 6.18 Å². The molecular formula is C13H20ClF3N4O. The summed E-state index contributed by atoms with van der Waals surface area (Å²) in [5, 5.41) is 3.59. The van der Waals surface area contributed by atoms with Crippen LogP contribution in [0.15, 0.2) is 12.3 Å². The SMILES string of the molecule is CC(N)CC(=O)N1CCC(n2ccc(C(F)(F)F)n2)CC1.Cl. The van der Waals surface area contributed by atoms with E-state index in [0.29, 0.717) is 32.4 Å². The van der Waals surface area contributed by atoms with Crippen LogP contribution in [0.3, 0.4) is 0 Å². The maximum Gasteiger partial charge on any atom is 0.435 e. The summed E-state index contributed by atoms with van der Waals surface area (Å²) in [6.45, 7) is 2.82. The first kappa shape index (κ1) is 18.8. The minimum Gasteiger partial charge on any atom is -0.342 e. The molecule has 1 unspecified atom stereocenters. The van der Waals surface area contributed by atoms with Gasteiger partial charge in [0.2, 0.25) is 5.91 Å². The van der Waals surface area contributed by atoms with Crippen LogP contribution in [0.5, 0.6) is 0 Å². The lowest BCUT2D eigenvalue weighted by molar-refractivity contribution is -0.141. The molecule has 22 heavy (non-hydrogen) atoms. The molecule has 0 aliphatic carbocycles. The van der Waals surface area contributed by atoms with Gasteiger partial charge in [0.25, 0.3) is 0 Å². The van der Waals surface area contributed by atoms with Gasteiger partial charge in [-0.2, -0.15) is 18.3 Å². The highest BCUT2D eigenvalue weighted by Crippen LogP contribution is 2.29. The van der Waals surface area contributed by atoms with Crippen molar-refractivity contribution in [2.45, 2.75) is 44.4 Å². The quantitative estimate of drug-likeness (QED) is 0.917. The van der Waals surface area contributed by atoms with Crippen LogP contribution >= 0.6 is 12.4 Å². The number of aromatic nitrogens is 2. The minimum atomic E-state index is -4.42. The van der Waals surface area contributed by atoms with Crippen LogP contribution in [0.4, 0.5) is 13.2 Å². The third-order valence-electron chi connectivity index (χ3n) is 3.59. The molecule has 5 nitrogen and oxygen atoms in total. The summed E-state index contributed by atoms with van der Waals surface area (Å²) in [7, 11) is 0. The number of hydrogen-bond acceptors (Lipinski definition) is 3. The Morgan fingerprint density at radius 3 is 2.50 bits per heavy atom. The lowest BCUT2D eigenvalue weighted by Gasteiger charge is -2.32. The summed E-state index contributed by atoms with van der Waals surface area (Å²) in [6.07, 6.45) is -1.57. The Kier molecular flexibility index (Phi) is 6.25. The molecule has 1 aliphatic rings. The number of rotatable bonds is 3. The third kappa shape index (κ3) is 4.61. The molecule has 0 bridgehead atoms. The Morgan fingerprint density at radius 2 is 2.05 bits per heavy atom. The van der Waals surface area contributed by atoms with Crippen molar-refractivity contribution < 1.29 is 18.0 Å². The molecule has 2 rings (SSSR count). The molecule has 1 aromatic rings. The molecule has 1 amide bonds. The molecule has 9 heteroatoms. The second-order valence-corrected chi connectivity index (χ2v) is 5.47. The third-order valence-corrected chi connectivity index (χ3v) is 3.59. The van der Waals surface area contributed by atoms with Gasteiger partial charge < -0.3 is 10.6 Å². The van der Waals surface area contributed by atoms with Gasteiger partial charge in [0.1, 0.15) is 0 Å². The fourth-order valence-corrected chi connectivity index (χ4v) is 2.48. The summed E-state index contributed by atoms with van der Waals surface area (Å²) in [5.74, 6) is -0.0000964. The summed E-state index contributed by atoms with van der Waals surface area (Å²) in [5.41, 5.74) is 4.72. The highest BCUT2D eigenvalue weighted by atomic mass is 35.5. The van der Waals surface area contributed by atoms with Gasteiger partial charge in [-0.3, -0.25) is 9.48 Å². The molecule has 1 saturated heterocycles. The largest absolute Gasteiger partial charge is 0.435 e. The molecular weight excluding hydrogens is 321 g/mol. The van der Waals surface area contributed by atoms with Crippen LogP contribution in [0.25, 0.3) is 0 Å². The first-order chi connectivity index (χ1) is 9.77. The van der Waals surface area contributed by atoms with Gasteiger partial charge in [0.15, 0.2) is 5.69 Å². The molecule has 1 atom stereocenters. The zero-order chi connectivity index (χ0) is 15.6. The Balaban J connectivity index is 0.00000242. The van der Waals surface area contributed by atoms with Crippen molar-refractivity contribution in [1.82, 2.24) is 14.7 Å². The van der Waals surface area contributed by atoms with Crippen molar-refractivity contribution >= 4 is 18.3 Å². The van der Waals surface area contributed by atoms with E-state index in [1.807, 2.05) is 0 Å². The number of alkyl halides is 3. The summed E-state index contributed by atoms with van der Waals surface area (Å²) >= 11 is 0. The molecule has 0 radical (unpaired) electrons. The van der Waals surface area contributed by atoms with Gasteiger partial charge in [-0.1, -0.05) is 0 Å². The van der Waals surface area contributed by atoms with Crippen molar-refractivity contribution in [2.24, 2.45) is 5.73 Å². The van der Waals surface area contributed by atoms with Crippen molar-refractivity contribution in [3.05, 3.63) is 18.0 Å². The molecule has 1 aromatic heterocycles. The van der Waals surface area contributed by atoms with Crippen LogP contribution in [-0.4, -0.2) is 39.7 Å². The summed E-state index contributed by atoms with van der Waals surface area (Å²) in [6, 6.07) is 0.698. The predicted octanol–water partition coefficient (Wildman–Crippen LogP) is 2.22. The maximum absolute atomic E-state index is 12.5. The number of nitrogens with two attached hydrogens (primary N) is 1. The van der Waals surface area contributed by atoms with Crippen LogP contribution in [0, 0.1) is 0 Å². The molecule has 1 aliphatic heterocycles. The molecule has 0 aromatic carbocycles. The second kappa shape index (κ2) is 7.32. The van der Waals surface area contributed by atoms with E-state index in [-0.39, 0.29) is 30.4 Å². The normalized spacial score (nSPS) is 18.0. The first-order valence-electron chi connectivity index (χ1n) is 6.93. The first-order valence-corrected chi connectivity index (χ1v) is 6.93. The fraction of sp³-hybridized carbons (Fsp3) is 0.692. The standard InChI is InChI=1S/C13H19F3N4O.ClH/c1-9(17)8-12(21)19-5-2-10(3-6-19)20-7-4-11(18-20)13(14,15)16;/h4,7,9-10H,2-3,5-6,8,17H2,1H3;1H. The zero-order valence-corrected chi connectivity index (χ0v) is 13.0. The number of hydrogen-bond donors (Lipinski definition) is 1. The van der Waals surface area contributed by atoms with E-state index in [0.717, 1.165) is 6.07 Å². The van der Waals surface area contributed by atoms with E-state index in [4.69, 9.17) is 5.73 Å². The second-order valence-electron chi connectivity index (χ2n) is 5.47. The summed E-state index contributed by atoms with van der Waals surface area (Å²) < 4.78 is 38.9. The topological polar surface area (TPSA) is 64.2 Å². The van der Waals surface area contributed by atoms with Gasteiger partial charge in [0.05, 0.1) is 6.04 Å². The van der Waals surface area contributed by atoms with Crippen LogP contribution in [0.2, 0.25) is 0 Å². The predicted molar refractivity (Wildman–Crippen MR) is 77.6 cm³/mol. The average molecular weight is 341 g/mol. The number of amides is 1. The molecule has 126 valence electrons. The molecule has 2 heterocycles. The van der Waals surface area contributed by atoms with Crippen molar-refractivity contribution in [1.29, 1.82) is 0 Å². The molecule has 1 fully saturated rings. The number of carbonyl (C=O) groups is 1. The Labute approximate surface area is 133 Å². The number of halogens is 4. The number of carbonyl (C=O) groups excluding carboxylic acids is 1. The Morgan fingerprint density at radius 1 is 1.45 bits per heavy atom. The van der Waals surface area contributed by atoms with Crippen molar-refractivity contribution in [3.8, 4) is 0 Å². The van der Waals surface area contributed by atoms with Crippen LogP contribution in [-0.2, 0) is 11.0 Å². The van der Waals surface area contributed by atoms with E-state index < -0.39 is 11.9 Å². The smallest absolute Gasteiger partial charge is 0.342 e. The number of likely N-dealkylation sites (tertiary alicyclic amines) is 1. The highest BCUT2D eigenvalue weighted by molar-refractivity contribution is 5.85.